The number of halogens is 1. The van der Waals surface area contributed by atoms with Crippen LogP contribution in [0.1, 0.15) is 45.2 Å². The number of aromatic amines is 1. The zero-order valence-electron chi connectivity index (χ0n) is 10.5. The van der Waals surface area contributed by atoms with Crippen LogP contribution in [0.15, 0.2) is 6.07 Å². The highest BCUT2D eigenvalue weighted by Crippen LogP contribution is 2.14. The van der Waals surface area contributed by atoms with Gasteiger partial charge in [0.25, 0.3) is 0 Å². The molecule has 1 aromatic rings. The highest BCUT2D eigenvalue weighted by molar-refractivity contribution is 5.93. The van der Waals surface area contributed by atoms with Gasteiger partial charge in [0, 0.05) is 11.8 Å². The monoisotopic (exact) mass is 260 g/mol. The molecular weight excluding hydrogens is 240 g/mol. The van der Waals surface area contributed by atoms with E-state index in [1.165, 1.54) is 0 Å². The largest absolute Gasteiger partial charge is 0.320 e. The molecule has 0 aliphatic carbocycles. The van der Waals surface area contributed by atoms with Crippen molar-refractivity contribution in [1.82, 2.24) is 10.2 Å². The van der Waals surface area contributed by atoms with Crippen LogP contribution in [0.25, 0.3) is 0 Å². The summed E-state index contributed by atoms with van der Waals surface area (Å²) in [6.45, 7) is 6.11. The molecule has 1 atom stereocenters. The van der Waals surface area contributed by atoms with Crippen molar-refractivity contribution in [2.45, 2.75) is 45.6 Å². The Hall–Kier alpha value is -1.07. The minimum absolute atomic E-state index is 0. The number of carbonyl (C=O) groups is 1. The number of hydrogen-bond donors (Lipinski definition) is 3. The Morgan fingerprint density at radius 2 is 2.24 bits per heavy atom. The first kappa shape index (κ1) is 15.9. The van der Waals surface area contributed by atoms with Gasteiger partial charge in [0.15, 0.2) is 5.82 Å². The molecule has 6 heteroatoms. The maximum absolute atomic E-state index is 11.6. The quantitative estimate of drug-likeness (QED) is 0.757. The lowest BCUT2D eigenvalue weighted by atomic mass is 10.1. The Morgan fingerprint density at radius 1 is 1.59 bits per heavy atom. The maximum Gasteiger partial charge on any atom is 0.242 e. The predicted molar refractivity (Wildman–Crippen MR) is 71.4 cm³/mol. The van der Waals surface area contributed by atoms with Gasteiger partial charge in [-0.1, -0.05) is 27.2 Å². The van der Waals surface area contributed by atoms with Crippen LogP contribution in [-0.4, -0.2) is 22.1 Å². The van der Waals surface area contributed by atoms with Gasteiger partial charge in [0.05, 0.1) is 6.04 Å². The average molecular weight is 261 g/mol. The molecule has 0 aliphatic rings. The van der Waals surface area contributed by atoms with Crippen molar-refractivity contribution >= 4 is 24.1 Å². The van der Waals surface area contributed by atoms with Gasteiger partial charge in [-0.3, -0.25) is 9.89 Å². The van der Waals surface area contributed by atoms with Crippen LogP contribution in [0.4, 0.5) is 5.82 Å². The first-order chi connectivity index (χ1) is 7.54. The second-order valence-corrected chi connectivity index (χ2v) is 4.25. The van der Waals surface area contributed by atoms with Crippen molar-refractivity contribution in [1.29, 1.82) is 0 Å². The molecule has 98 valence electrons. The summed E-state index contributed by atoms with van der Waals surface area (Å²) >= 11 is 0. The average Bonchev–Trinajstić information content (AvgIpc) is 2.66. The summed E-state index contributed by atoms with van der Waals surface area (Å²) < 4.78 is 0. The van der Waals surface area contributed by atoms with Crippen LogP contribution < -0.4 is 11.1 Å². The molecule has 1 heterocycles. The lowest BCUT2D eigenvalue weighted by Gasteiger charge is -2.08. The molecule has 0 bridgehead atoms. The molecule has 0 fully saturated rings. The summed E-state index contributed by atoms with van der Waals surface area (Å²) in [6, 6.07) is 1.38. The van der Waals surface area contributed by atoms with Crippen molar-refractivity contribution in [2.75, 3.05) is 5.32 Å². The van der Waals surface area contributed by atoms with Crippen LogP contribution in [-0.2, 0) is 4.79 Å². The zero-order chi connectivity index (χ0) is 12.1. The first-order valence-corrected chi connectivity index (χ1v) is 5.66. The summed E-state index contributed by atoms with van der Waals surface area (Å²) in [5, 5.41) is 9.58. The molecule has 1 aromatic heterocycles. The molecule has 0 aromatic carbocycles. The fourth-order valence-electron chi connectivity index (χ4n) is 1.36. The van der Waals surface area contributed by atoms with Crippen molar-refractivity contribution in [3.8, 4) is 0 Å². The van der Waals surface area contributed by atoms with Gasteiger partial charge in [0.2, 0.25) is 5.91 Å². The summed E-state index contributed by atoms with van der Waals surface area (Å²) in [5.41, 5.74) is 6.69. The Morgan fingerprint density at radius 3 is 2.71 bits per heavy atom. The minimum Gasteiger partial charge on any atom is -0.320 e. The third kappa shape index (κ3) is 4.75. The Balaban J connectivity index is 0.00000256. The maximum atomic E-state index is 11.6. The van der Waals surface area contributed by atoms with Gasteiger partial charge >= 0.3 is 0 Å². The van der Waals surface area contributed by atoms with E-state index in [-0.39, 0.29) is 18.3 Å². The van der Waals surface area contributed by atoms with Gasteiger partial charge in [-0.15, -0.1) is 12.4 Å². The Labute approximate surface area is 108 Å². The fourth-order valence-corrected chi connectivity index (χ4v) is 1.36. The number of amides is 1. The molecule has 1 amide bonds. The van der Waals surface area contributed by atoms with Crippen molar-refractivity contribution in [3.63, 3.8) is 0 Å². The van der Waals surface area contributed by atoms with Crippen molar-refractivity contribution < 1.29 is 4.79 Å². The van der Waals surface area contributed by atoms with Gasteiger partial charge in [-0.2, -0.15) is 5.10 Å². The van der Waals surface area contributed by atoms with Gasteiger partial charge in [0.1, 0.15) is 0 Å². The molecule has 1 unspecified atom stereocenters. The fraction of sp³-hybridized carbons (Fsp3) is 0.636. The van der Waals surface area contributed by atoms with Crippen LogP contribution in [0.5, 0.6) is 0 Å². The van der Waals surface area contributed by atoms with E-state index in [1.54, 1.807) is 0 Å². The smallest absolute Gasteiger partial charge is 0.242 e. The first-order valence-electron chi connectivity index (χ1n) is 5.66. The lowest BCUT2D eigenvalue weighted by Crippen LogP contribution is -2.35. The van der Waals surface area contributed by atoms with Gasteiger partial charge in [-0.05, 0) is 12.3 Å². The second kappa shape index (κ2) is 7.29. The molecule has 0 spiro atoms. The normalized spacial score (nSPS) is 12.1. The van der Waals surface area contributed by atoms with Crippen molar-refractivity contribution in [2.24, 2.45) is 5.73 Å². The number of nitrogens with two attached hydrogens (primary N) is 1. The number of H-pyrrole nitrogens is 1. The summed E-state index contributed by atoms with van der Waals surface area (Å²) in [5.74, 6) is 0.728. The molecule has 0 radical (unpaired) electrons. The standard InChI is InChI=1S/C11H20N4O.ClH/c1-4-5-8(12)11(16)13-10-6-9(7(2)3)14-15-10;/h6-8H,4-5,12H2,1-3H3,(H2,13,14,15,16);1H. The summed E-state index contributed by atoms with van der Waals surface area (Å²) in [7, 11) is 0. The molecule has 0 saturated carbocycles. The van der Waals surface area contributed by atoms with Crippen LogP contribution in [0, 0.1) is 0 Å². The molecule has 1 rings (SSSR count). The van der Waals surface area contributed by atoms with Crippen LogP contribution >= 0.6 is 12.4 Å². The molecule has 4 N–H and O–H groups in total. The van der Waals surface area contributed by atoms with E-state index in [9.17, 15) is 4.79 Å². The third-order valence-electron chi connectivity index (χ3n) is 2.41. The topological polar surface area (TPSA) is 83.8 Å². The highest BCUT2D eigenvalue weighted by Gasteiger charge is 2.14. The SMILES string of the molecule is CCCC(N)C(=O)Nc1cc(C(C)C)[nH]n1.Cl. The summed E-state index contributed by atoms with van der Waals surface area (Å²) in [6.07, 6.45) is 1.58. The Kier molecular flexibility index (Phi) is 6.83. The van der Waals surface area contributed by atoms with E-state index in [4.69, 9.17) is 5.73 Å². The lowest BCUT2D eigenvalue weighted by molar-refractivity contribution is -0.117. The van der Waals surface area contributed by atoms with E-state index < -0.39 is 6.04 Å². The number of nitrogens with one attached hydrogen (secondary N) is 2. The second-order valence-electron chi connectivity index (χ2n) is 4.25. The molecule has 0 aliphatic heterocycles. The van der Waals surface area contributed by atoms with Crippen molar-refractivity contribution in [3.05, 3.63) is 11.8 Å². The van der Waals surface area contributed by atoms with E-state index in [1.807, 2.05) is 13.0 Å². The zero-order valence-corrected chi connectivity index (χ0v) is 11.3. The van der Waals surface area contributed by atoms with E-state index in [0.29, 0.717) is 18.2 Å². The molecule has 17 heavy (non-hydrogen) atoms. The number of hydrogen-bond acceptors (Lipinski definition) is 3. The van der Waals surface area contributed by atoms with Crippen LogP contribution in [0.2, 0.25) is 0 Å². The third-order valence-corrected chi connectivity index (χ3v) is 2.41. The van der Waals surface area contributed by atoms with E-state index in [0.717, 1.165) is 12.1 Å². The van der Waals surface area contributed by atoms with Crippen LogP contribution in [0.3, 0.4) is 0 Å². The number of anilines is 1. The predicted octanol–water partition coefficient (Wildman–Crippen LogP) is 2.02. The summed E-state index contributed by atoms with van der Waals surface area (Å²) in [4.78, 5) is 11.6. The highest BCUT2D eigenvalue weighted by atomic mass is 35.5. The molecule has 5 nitrogen and oxygen atoms in total. The number of carbonyl (C=O) groups excluding carboxylic acids is 1. The minimum atomic E-state index is -0.454. The Bertz CT molecular complexity index is 351. The van der Waals surface area contributed by atoms with E-state index >= 15 is 0 Å². The molecular formula is C11H21ClN4O. The number of rotatable bonds is 5. The van der Waals surface area contributed by atoms with E-state index in [2.05, 4.69) is 29.4 Å². The van der Waals surface area contributed by atoms with Gasteiger partial charge < -0.3 is 11.1 Å². The van der Waals surface area contributed by atoms with Gasteiger partial charge in [-0.25, -0.2) is 0 Å². The number of nitrogens with zero attached hydrogens (tertiary/aromatic N) is 1. The number of aromatic nitrogens is 2. The molecule has 0 saturated heterocycles.